The van der Waals surface area contributed by atoms with E-state index in [1.165, 1.54) is 65.6 Å². The first-order valence-corrected chi connectivity index (χ1v) is 19.5. The maximum Gasteiger partial charge on any atom is 0.220 e. The van der Waals surface area contributed by atoms with Gasteiger partial charge in [0.05, 0.1) is 33.3 Å². The van der Waals surface area contributed by atoms with Crippen molar-refractivity contribution in [1.82, 2.24) is 18.5 Å². The molecule has 57 heavy (non-hydrogen) atoms. The van der Waals surface area contributed by atoms with Gasteiger partial charge in [-0.3, -0.25) is 8.97 Å². The Balaban J connectivity index is 1.05. The van der Waals surface area contributed by atoms with Crippen molar-refractivity contribution >= 4 is 59.9 Å². The van der Waals surface area contributed by atoms with Crippen LogP contribution in [0.3, 0.4) is 0 Å². The average Bonchev–Trinajstić information content (AvgIpc) is 3.94. The topological polar surface area (TPSA) is 27.2 Å². The van der Waals surface area contributed by atoms with E-state index in [4.69, 9.17) is 4.98 Å². The molecule has 8 aromatic carbocycles. The van der Waals surface area contributed by atoms with Crippen LogP contribution in [-0.2, 0) is 0 Å². The van der Waals surface area contributed by atoms with E-state index in [1.807, 2.05) is 0 Å². The van der Waals surface area contributed by atoms with E-state index in [1.54, 1.807) is 0 Å². The van der Waals surface area contributed by atoms with Crippen LogP contribution < -0.4 is 0 Å². The van der Waals surface area contributed by atoms with Gasteiger partial charge in [0, 0.05) is 39.0 Å². The summed E-state index contributed by atoms with van der Waals surface area (Å²) < 4.78 is 6.95. The lowest BCUT2D eigenvalue weighted by molar-refractivity contribution is 0.983. The van der Waals surface area contributed by atoms with Gasteiger partial charge in [0.2, 0.25) is 5.95 Å². The van der Waals surface area contributed by atoms with Gasteiger partial charge in [0.15, 0.2) is 0 Å². The van der Waals surface area contributed by atoms with Crippen LogP contribution in [0.4, 0.5) is 0 Å². The molecule has 12 aromatic rings. The van der Waals surface area contributed by atoms with E-state index >= 15 is 0 Å². The molecule has 0 aliphatic carbocycles. The number of imidazole rings is 1. The molecule has 4 heteroatoms. The molecule has 4 aromatic heterocycles. The van der Waals surface area contributed by atoms with Gasteiger partial charge in [-0.1, -0.05) is 140 Å². The third-order valence-electron chi connectivity index (χ3n) is 11.7. The Labute approximate surface area is 328 Å². The van der Waals surface area contributed by atoms with Crippen LogP contribution in [-0.4, -0.2) is 18.5 Å². The first-order valence-electron chi connectivity index (χ1n) is 19.5. The zero-order chi connectivity index (χ0) is 37.5. The summed E-state index contributed by atoms with van der Waals surface area (Å²) in [5.41, 5.74) is 13.7. The van der Waals surface area contributed by atoms with Crippen LogP contribution in [0, 0.1) is 0 Å². The summed E-state index contributed by atoms with van der Waals surface area (Å²) in [5.74, 6) is 0.863. The number of hydrogen-bond donors (Lipinski definition) is 0. The van der Waals surface area contributed by atoms with E-state index in [0.29, 0.717) is 0 Å². The first-order chi connectivity index (χ1) is 28.3. The second-order valence-corrected chi connectivity index (χ2v) is 14.8. The smallest absolute Gasteiger partial charge is 0.220 e. The molecule has 4 nitrogen and oxygen atoms in total. The predicted octanol–water partition coefficient (Wildman–Crippen LogP) is 13.7. The fourth-order valence-electron chi connectivity index (χ4n) is 9.14. The molecule has 0 saturated heterocycles. The van der Waals surface area contributed by atoms with Crippen molar-refractivity contribution in [3.05, 3.63) is 206 Å². The van der Waals surface area contributed by atoms with Crippen LogP contribution in [0.15, 0.2) is 206 Å². The second kappa shape index (κ2) is 12.4. The van der Waals surface area contributed by atoms with Gasteiger partial charge in [0.25, 0.3) is 0 Å². The molecule has 0 atom stereocenters. The third-order valence-corrected chi connectivity index (χ3v) is 11.7. The molecule has 0 radical (unpaired) electrons. The van der Waals surface area contributed by atoms with Crippen LogP contribution >= 0.6 is 0 Å². The largest absolute Gasteiger partial charge is 0.309 e. The number of nitrogens with zero attached hydrogens (tertiary/aromatic N) is 4. The molecule has 4 heterocycles. The van der Waals surface area contributed by atoms with Crippen molar-refractivity contribution in [2.45, 2.75) is 0 Å². The molecule has 0 saturated carbocycles. The number of fused-ring (bicyclic) bond motifs is 8. The van der Waals surface area contributed by atoms with Crippen LogP contribution in [0.1, 0.15) is 0 Å². The van der Waals surface area contributed by atoms with Gasteiger partial charge in [-0.15, -0.1) is 0 Å². The van der Waals surface area contributed by atoms with E-state index in [9.17, 15) is 0 Å². The summed E-state index contributed by atoms with van der Waals surface area (Å²) in [7, 11) is 0. The molecule has 266 valence electrons. The molecule has 0 N–H and O–H groups in total. The standard InChI is InChI=1S/C53H34N4/c1-2-17-38(18-3-1)56-47-25-10-8-21-42(47)45-33-36(28-30-49(45)56)37-29-31-50-46(34-37)43-22-9-11-26-48(43)57(50)53-54-52(51-27-12-13-32-55(51)53)44-23-7-6-20-41(44)40-24-14-16-35-15-4-5-19-39(35)40/h1-34H. The average molecular weight is 727 g/mol. The van der Waals surface area contributed by atoms with Gasteiger partial charge in [-0.2, -0.15) is 0 Å². The highest BCUT2D eigenvalue weighted by molar-refractivity contribution is 6.13. The van der Waals surface area contributed by atoms with Gasteiger partial charge in [-0.25, -0.2) is 4.98 Å². The molecule has 0 amide bonds. The quantitative estimate of drug-likeness (QED) is 0.173. The maximum absolute atomic E-state index is 5.56. The highest BCUT2D eigenvalue weighted by Gasteiger charge is 2.22. The van der Waals surface area contributed by atoms with Crippen LogP contribution in [0.25, 0.3) is 105 Å². The normalized spacial score (nSPS) is 11.9. The van der Waals surface area contributed by atoms with Gasteiger partial charge >= 0.3 is 0 Å². The number of hydrogen-bond acceptors (Lipinski definition) is 1. The molecule has 0 aliphatic heterocycles. The number of pyridine rings is 1. The second-order valence-electron chi connectivity index (χ2n) is 14.8. The Morgan fingerprint density at radius 2 is 0.860 bits per heavy atom. The fourth-order valence-corrected chi connectivity index (χ4v) is 9.14. The molecule has 0 fully saturated rings. The third kappa shape index (κ3) is 4.77. The van der Waals surface area contributed by atoms with Gasteiger partial charge in [-0.05, 0) is 93.7 Å². The number of rotatable bonds is 5. The monoisotopic (exact) mass is 726 g/mol. The maximum atomic E-state index is 5.56. The minimum absolute atomic E-state index is 0.863. The highest BCUT2D eigenvalue weighted by Crippen LogP contribution is 2.41. The van der Waals surface area contributed by atoms with Crippen molar-refractivity contribution in [3.8, 4) is 45.1 Å². The molecular weight excluding hydrogens is 693 g/mol. The van der Waals surface area contributed by atoms with E-state index < -0.39 is 0 Å². The zero-order valence-electron chi connectivity index (χ0n) is 30.9. The fraction of sp³-hybridized carbons (Fsp3) is 0. The SMILES string of the molecule is c1ccc(-n2c3ccccc3c3cc(-c4ccc5c(c4)c4ccccc4n5-c4nc(-c5ccccc5-c5cccc6ccccc56)c5ccccn45)ccc32)cc1. The Bertz CT molecular complexity index is 3520. The van der Waals surface area contributed by atoms with Crippen molar-refractivity contribution in [3.63, 3.8) is 0 Å². The molecule has 0 spiro atoms. The van der Waals surface area contributed by atoms with Crippen LogP contribution in [0.2, 0.25) is 0 Å². The predicted molar refractivity (Wildman–Crippen MR) is 238 cm³/mol. The van der Waals surface area contributed by atoms with Crippen molar-refractivity contribution in [1.29, 1.82) is 0 Å². The Hall–Kier alpha value is -7.69. The minimum atomic E-state index is 0.863. The lowest BCUT2D eigenvalue weighted by Crippen LogP contribution is -2.00. The summed E-state index contributed by atoms with van der Waals surface area (Å²) >= 11 is 0. The Kier molecular flexibility index (Phi) is 6.89. The summed E-state index contributed by atoms with van der Waals surface area (Å²) in [6, 6.07) is 72.1. The molecule has 0 unspecified atom stereocenters. The van der Waals surface area contributed by atoms with Gasteiger partial charge < -0.3 is 4.57 Å². The number of para-hydroxylation sites is 3. The Morgan fingerprint density at radius 1 is 0.333 bits per heavy atom. The molecule has 0 aliphatic rings. The summed E-state index contributed by atoms with van der Waals surface area (Å²) in [6.07, 6.45) is 2.14. The Morgan fingerprint density at radius 3 is 1.61 bits per heavy atom. The zero-order valence-corrected chi connectivity index (χ0v) is 30.9. The van der Waals surface area contributed by atoms with Gasteiger partial charge in [0.1, 0.15) is 0 Å². The lowest BCUT2D eigenvalue weighted by atomic mass is 9.93. The summed E-state index contributed by atoms with van der Waals surface area (Å²) in [4.78, 5) is 5.56. The van der Waals surface area contributed by atoms with Crippen LogP contribution in [0.5, 0.6) is 0 Å². The van der Waals surface area contributed by atoms with Crippen molar-refractivity contribution in [2.75, 3.05) is 0 Å². The van der Waals surface area contributed by atoms with E-state index in [2.05, 4.69) is 220 Å². The highest BCUT2D eigenvalue weighted by atomic mass is 15.2. The molecule has 12 rings (SSSR count). The van der Waals surface area contributed by atoms with Crippen molar-refractivity contribution < 1.29 is 0 Å². The van der Waals surface area contributed by atoms with E-state index in [-0.39, 0.29) is 0 Å². The minimum Gasteiger partial charge on any atom is -0.309 e. The number of benzene rings is 8. The molecular formula is C53H34N4. The van der Waals surface area contributed by atoms with E-state index in [0.717, 1.165) is 39.4 Å². The summed E-state index contributed by atoms with van der Waals surface area (Å²) in [6.45, 7) is 0. The summed E-state index contributed by atoms with van der Waals surface area (Å²) in [5, 5.41) is 7.34. The van der Waals surface area contributed by atoms with Crippen molar-refractivity contribution in [2.24, 2.45) is 0 Å². The lowest BCUT2D eigenvalue weighted by Gasteiger charge is -2.11. The first kappa shape index (κ1) is 31.6. The molecule has 0 bridgehead atoms. The number of aromatic nitrogens is 4.